The lowest BCUT2D eigenvalue weighted by atomic mass is 10.0. The fourth-order valence-electron chi connectivity index (χ4n) is 3.33. The van der Waals surface area contributed by atoms with Crippen molar-refractivity contribution in [3.8, 4) is 0 Å². The van der Waals surface area contributed by atoms with Gasteiger partial charge in [0.1, 0.15) is 24.3 Å². The Hall–Kier alpha value is -3.62. The van der Waals surface area contributed by atoms with E-state index in [9.17, 15) is 23.7 Å². The second-order valence-corrected chi connectivity index (χ2v) is 11.4. The molecule has 0 aliphatic carbocycles. The van der Waals surface area contributed by atoms with Crippen molar-refractivity contribution in [3.63, 3.8) is 0 Å². The van der Waals surface area contributed by atoms with E-state index < -0.39 is 62.5 Å². The number of esters is 1. The SMILES string of the molecule is CC(C)[C@H](NC(=O)OCc1ccccc1)C(=O)N[C@@H](CC(=O)OC(C)(C)C)C(=O)CO[P+](=O)c1ccccc1. The number of ether oxygens (including phenoxy) is 2. The summed E-state index contributed by atoms with van der Waals surface area (Å²) in [5, 5.41) is 5.43. The molecule has 2 aromatic carbocycles. The Morgan fingerprint density at radius 3 is 2.05 bits per heavy atom. The zero-order valence-corrected chi connectivity index (χ0v) is 23.7. The van der Waals surface area contributed by atoms with Crippen molar-refractivity contribution in [1.29, 1.82) is 0 Å². The van der Waals surface area contributed by atoms with E-state index in [4.69, 9.17) is 14.0 Å². The minimum Gasteiger partial charge on any atom is -0.460 e. The summed E-state index contributed by atoms with van der Waals surface area (Å²) < 4.78 is 28.2. The van der Waals surface area contributed by atoms with Crippen molar-refractivity contribution in [2.24, 2.45) is 5.92 Å². The number of hydrogen-bond acceptors (Lipinski definition) is 8. The first-order chi connectivity index (χ1) is 18.4. The predicted molar refractivity (Wildman–Crippen MR) is 145 cm³/mol. The Balaban J connectivity index is 2.08. The van der Waals surface area contributed by atoms with E-state index in [2.05, 4.69) is 10.6 Å². The fourth-order valence-corrected chi connectivity index (χ4v) is 4.14. The molecule has 1 unspecified atom stereocenters. The molecule has 0 aromatic heterocycles. The number of rotatable bonds is 13. The third-order valence-electron chi connectivity index (χ3n) is 5.22. The summed E-state index contributed by atoms with van der Waals surface area (Å²) in [6.45, 7) is 7.83. The topological polar surface area (TPSA) is 137 Å². The first kappa shape index (κ1) is 31.6. The molecule has 0 fully saturated rings. The van der Waals surface area contributed by atoms with E-state index in [-0.39, 0.29) is 12.5 Å². The number of carbonyl (C=O) groups excluding carboxylic acids is 4. The average molecular weight is 560 g/mol. The van der Waals surface area contributed by atoms with Gasteiger partial charge in [-0.1, -0.05) is 62.4 Å². The molecule has 0 bridgehead atoms. The van der Waals surface area contributed by atoms with E-state index in [0.717, 1.165) is 5.56 Å². The molecule has 2 aromatic rings. The van der Waals surface area contributed by atoms with Crippen LogP contribution in [0.3, 0.4) is 0 Å². The minimum absolute atomic E-state index is 0.00971. The van der Waals surface area contributed by atoms with Crippen LogP contribution >= 0.6 is 8.03 Å². The highest BCUT2D eigenvalue weighted by molar-refractivity contribution is 7.48. The van der Waals surface area contributed by atoms with Crippen molar-refractivity contribution in [3.05, 3.63) is 66.2 Å². The molecule has 2 rings (SSSR count). The van der Waals surface area contributed by atoms with Gasteiger partial charge in [0, 0.05) is 0 Å². The Morgan fingerprint density at radius 2 is 1.49 bits per heavy atom. The monoisotopic (exact) mass is 559 g/mol. The predicted octanol–water partition coefficient (Wildman–Crippen LogP) is 3.81. The summed E-state index contributed by atoms with van der Waals surface area (Å²) in [4.78, 5) is 51.1. The summed E-state index contributed by atoms with van der Waals surface area (Å²) in [6, 6.07) is 14.9. The maximum atomic E-state index is 13.2. The fraction of sp³-hybridized carbons (Fsp3) is 0.429. The zero-order chi connectivity index (χ0) is 29.0. The number of amides is 2. The van der Waals surface area contributed by atoms with E-state index >= 15 is 0 Å². The highest BCUT2D eigenvalue weighted by atomic mass is 31.1. The molecule has 10 nitrogen and oxygen atoms in total. The standard InChI is InChI=1S/C28H35N2O8P/c1-19(2)25(30-27(34)36-17-20-12-8-6-9-13-20)26(33)29-22(16-24(32)38-28(3,4)5)23(31)18-37-39(35)21-14-10-7-11-15-21/h6-15,19,22,25H,16-18H2,1-5H3,(H-,29,30,33,34)/p+1/t22-,25-/m0/s1. The molecule has 0 saturated heterocycles. The van der Waals surface area contributed by atoms with E-state index in [1.54, 1.807) is 77.1 Å². The number of Topliss-reactive ketones (excluding diaryl/α,β-unsaturated/α-hetero) is 1. The maximum absolute atomic E-state index is 13.2. The van der Waals surface area contributed by atoms with Gasteiger partial charge in [-0.05, 0) is 49.0 Å². The van der Waals surface area contributed by atoms with Crippen LogP contribution in [0, 0.1) is 5.92 Å². The van der Waals surface area contributed by atoms with Crippen LogP contribution in [0.25, 0.3) is 0 Å². The lowest BCUT2D eigenvalue weighted by Gasteiger charge is -2.25. The van der Waals surface area contributed by atoms with Crippen molar-refractivity contribution >= 4 is 37.1 Å². The van der Waals surface area contributed by atoms with Crippen LogP contribution in [0.1, 0.15) is 46.6 Å². The largest absolute Gasteiger partial charge is 0.549 e. The van der Waals surface area contributed by atoms with Crippen LogP contribution in [-0.2, 0) is 39.6 Å². The molecular weight excluding hydrogens is 523 g/mol. The van der Waals surface area contributed by atoms with Crippen molar-refractivity contribution in [2.75, 3.05) is 6.61 Å². The van der Waals surface area contributed by atoms with Crippen LogP contribution < -0.4 is 15.9 Å². The second-order valence-electron chi connectivity index (χ2n) is 10.1. The summed E-state index contributed by atoms with van der Waals surface area (Å²) in [5.41, 5.74) is -0.0399. The molecule has 0 saturated carbocycles. The summed E-state index contributed by atoms with van der Waals surface area (Å²) in [6.07, 6.45) is -1.29. The smallest absolute Gasteiger partial charge is 0.460 e. The quantitative estimate of drug-likeness (QED) is 0.279. The highest BCUT2D eigenvalue weighted by Gasteiger charge is 2.33. The molecular formula is C28H36N2O8P+. The number of alkyl carbamates (subject to hydrolysis) is 1. The number of nitrogens with one attached hydrogen (secondary N) is 2. The summed E-state index contributed by atoms with van der Waals surface area (Å²) in [7, 11) is -2.33. The van der Waals surface area contributed by atoms with Crippen LogP contribution in [0.4, 0.5) is 4.79 Å². The lowest BCUT2D eigenvalue weighted by molar-refractivity contribution is -0.156. The molecule has 210 valence electrons. The van der Waals surface area contributed by atoms with Gasteiger partial charge in [0.2, 0.25) is 11.2 Å². The van der Waals surface area contributed by atoms with Gasteiger partial charge < -0.3 is 20.1 Å². The number of carbonyl (C=O) groups is 4. The highest BCUT2D eigenvalue weighted by Crippen LogP contribution is 2.21. The van der Waals surface area contributed by atoms with Crippen molar-refractivity contribution in [1.82, 2.24) is 10.6 Å². The number of ketones is 1. The van der Waals surface area contributed by atoms with Gasteiger partial charge in [0.25, 0.3) is 0 Å². The molecule has 39 heavy (non-hydrogen) atoms. The van der Waals surface area contributed by atoms with Crippen LogP contribution in [0.2, 0.25) is 0 Å². The van der Waals surface area contributed by atoms with E-state index in [1.807, 2.05) is 18.2 Å². The Kier molecular flexibility index (Phi) is 12.2. The molecule has 11 heteroatoms. The molecule has 0 aliphatic heterocycles. The van der Waals surface area contributed by atoms with Crippen molar-refractivity contribution < 1.29 is 37.7 Å². The van der Waals surface area contributed by atoms with Gasteiger partial charge in [-0.3, -0.25) is 14.4 Å². The van der Waals surface area contributed by atoms with Gasteiger partial charge in [-0.25, -0.2) is 4.79 Å². The van der Waals surface area contributed by atoms with Crippen LogP contribution in [-0.4, -0.2) is 48.0 Å². The number of benzene rings is 2. The third kappa shape index (κ3) is 11.8. The van der Waals surface area contributed by atoms with Gasteiger partial charge in [0.15, 0.2) is 12.4 Å². The average Bonchev–Trinajstić information content (AvgIpc) is 2.88. The molecule has 3 atom stereocenters. The lowest BCUT2D eigenvalue weighted by Crippen LogP contribution is -2.54. The van der Waals surface area contributed by atoms with Gasteiger partial charge in [0.05, 0.1) is 6.42 Å². The van der Waals surface area contributed by atoms with Gasteiger partial charge in [-0.2, -0.15) is 0 Å². The zero-order valence-electron chi connectivity index (χ0n) is 22.8. The normalized spacial score (nSPS) is 13.1. The van der Waals surface area contributed by atoms with Crippen LogP contribution in [0.15, 0.2) is 60.7 Å². The third-order valence-corrected chi connectivity index (χ3v) is 6.31. The molecule has 2 N–H and O–H groups in total. The Bertz CT molecular complexity index is 1130. The van der Waals surface area contributed by atoms with Crippen LogP contribution in [0.5, 0.6) is 0 Å². The summed E-state index contributed by atoms with van der Waals surface area (Å²) in [5.74, 6) is -2.47. The van der Waals surface area contributed by atoms with Gasteiger partial charge in [-0.15, -0.1) is 4.52 Å². The second kappa shape index (κ2) is 15.1. The summed E-state index contributed by atoms with van der Waals surface area (Å²) >= 11 is 0. The molecule has 2 amide bonds. The van der Waals surface area contributed by atoms with E-state index in [1.165, 1.54) is 0 Å². The molecule has 0 radical (unpaired) electrons. The van der Waals surface area contributed by atoms with Crippen molar-refractivity contribution in [2.45, 2.75) is 65.3 Å². The Labute approximate surface area is 229 Å². The first-order valence-corrected chi connectivity index (χ1v) is 13.7. The molecule has 0 aliphatic rings. The Morgan fingerprint density at radius 1 is 0.897 bits per heavy atom. The first-order valence-electron chi connectivity index (χ1n) is 12.5. The minimum atomic E-state index is -2.33. The maximum Gasteiger partial charge on any atom is 0.549 e. The number of hydrogen-bond donors (Lipinski definition) is 2. The van der Waals surface area contributed by atoms with Gasteiger partial charge >= 0.3 is 20.1 Å². The molecule has 0 heterocycles. The van der Waals surface area contributed by atoms with E-state index in [0.29, 0.717) is 5.30 Å². The molecule has 0 spiro atoms.